The van der Waals surface area contributed by atoms with Gasteiger partial charge in [-0.25, -0.2) is 0 Å². The van der Waals surface area contributed by atoms with E-state index in [1.54, 1.807) is 12.1 Å². The number of halogens is 4. The van der Waals surface area contributed by atoms with Crippen LogP contribution in [0.1, 0.15) is 51.0 Å². The minimum Gasteiger partial charge on any atom is -0.428 e. The average molecular weight is 306 g/mol. The number of hydrogen-bond donors (Lipinski definition) is 0. The summed E-state index contributed by atoms with van der Waals surface area (Å²) in [5.74, 6) is -0.244. The highest BCUT2D eigenvalue weighted by Gasteiger charge is 2.43. The lowest BCUT2D eigenvalue weighted by molar-refractivity contribution is -0.253. The summed E-state index contributed by atoms with van der Waals surface area (Å²) in [6.45, 7) is 2.17. The number of rotatable bonds is 10. The van der Waals surface area contributed by atoms with E-state index < -0.39 is 12.5 Å². The Labute approximate surface area is 123 Å². The van der Waals surface area contributed by atoms with Gasteiger partial charge in [0.1, 0.15) is 5.75 Å². The van der Waals surface area contributed by atoms with Crippen LogP contribution in [0.3, 0.4) is 0 Å². The molecular formula is C16H22F4O. The molecule has 5 heteroatoms. The predicted octanol–water partition coefficient (Wildman–Crippen LogP) is 5.83. The van der Waals surface area contributed by atoms with Gasteiger partial charge in [0.2, 0.25) is 0 Å². The Bertz CT molecular complexity index is 390. The van der Waals surface area contributed by atoms with E-state index in [0.717, 1.165) is 24.8 Å². The summed E-state index contributed by atoms with van der Waals surface area (Å²) in [7, 11) is 0. The average Bonchev–Trinajstić information content (AvgIpc) is 2.44. The first-order valence-corrected chi connectivity index (χ1v) is 7.39. The molecule has 0 unspecified atom stereocenters. The molecule has 0 aliphatic heterocycles. The van der Waals surface area contributed by atoms with E-state index >= 15 is 0 Å². The normalized spacial score (nSPS) is 11.9. The van der Waals surface area contributed by atoms with E-state index in [2.05, 4.69) is 11.7 Å². The molecule has 21 heavy (non-hydrogen) atoms. The Balaban J connectivity index is 2.34. The fourth-order valence-electron chi connectivity index (χ4n) is 2.04. The minimum absolute atomic E-state index is 0.244. The molecule has 0 aliphatic rings. The SMILES string of the molecule is CCCCCCCCc1ccc(OC(F)(F)C(F)F)cc1. The maximum absolute atomic E-state index is 12.7. The van der Waals surface area contributed by atoms with Crippen molar-refractivity contribution in [1.29, 1.82) is 0 Å². The van der Waals surface area contributed by atoms with Crippen molar-refractivity contribution in [2.75, 3.05) is 0 Å². The zero-order valence-corrected chi connectivity index (χ0v) is 12.3. The van der Waals surface area contributed by atoms with Crippen LogP contribution in [0.5, 0.6) is 5.75 Å². The summed E-state index contributed by atoms with van der Waals surface area (Å²) in [5.41, 5.74) is 0.998. The highest BCUT2D eigenvalue weighted by molar-refractivity contribution is 5.27. The largest absolute Gasteiger partial charge is 0.461 e. The topological polar surface area (TPSA) is 9.23 Å². The van der Waals surface area contributed by atoms with Crippen LogP contribution in [0.15, 0.2) is 24.3 Å². The molecule has 0 aromatic heterocycles. The second kappa shape index (κ2) is 8.90. The summed E-state index contributed by atoms with van der Waals surface area (Å²) in [6, 6.07) is 5.90. The van der Waals surface area contributed by atoms with Gasteiger partial charge in [-0.2, -0.15) is 17.6 Å². The van der Waals surface area contributed by atoms with Crippen LogP contribution in [-0.2, 0) is 6.42 Å². The van der Waals surface area contributed by atoms with E-state index in [1.165, 1.54) is 37.8 Å². The Kier molecular flexibility index (Phi) is 7.54. The molecule has 0 amide bonds. The number of alkyl halides is 4. The third-order valence-corrected chi connectivity index (χ3v) is 3.25. The summed E-state index contributed by atoms with van der Waals surface area (Å²) in [6.07, 6.45) is -0.325. The molecule has 1 aromatic carbocycles. The van der Waals surface area contributed by atoms with Gasteiger partial charge in [0.25, 0.3) is 0 Å². The fourth-order valence-corrected chi connectivity index (χ4v) is 2.04. The lowest BCUT2D eigenvalue weighted by Crippen LogP contribution is -2.33. The van der Waals surface area contributed by atoms with Gasteiger partial charge in [-0.3, -0.25) is 0 Å². The summed E-state index contributed by atoms with van der Waals surface area (Å²) >= 11 is 0. The first-order valence-electron chi connectivity index (χ1n) is 7.39. The maximum Gasteiger partial charge on any atom is 0.461 e. The van der Waals surface area contributed by atoms with Crippen molar-refractivity contribution < 1.29 is 22.3 Å². The zero-order chi connectivity index (χ0) is 15.7. The van der Waals surface area contributed by atoms with Gasteiger partial charge in [-0.15, -0.1) is 0 Å². The second-order valence-electron chi connectivity index (χ2n) is 5.13. The Morgan fingerprint density at radius 3 is 2.10 bits per heavy atom. The Morgan fingerprint density at radius 2 is 1.52 bits per heavy atom. The molecule has 1 nitrogen and oxygen atoms in total. The number of aryl methyl sites for hydroxylation is 1. The summed E-state index contributed by atoms with van der Waals surface area (Å²) < 4.78 is 53.4. The lowest BCUT2D eigenvalue weighted by Gasteiger charge is -2.16. The van der Waals surface area contributed by atoms with E-state index in [-0.39, 0.29) is 5.75 Å². The van der Waals surface area contributed by atoms with Crippen LogP contribution in [0.2, 0.25) is 0 Å². The first kappa shape index (κ1) is 17.8. The van der Waals surface area contributed by atoms with Gasteiger partial charge in [-0.1, -0.05) is 51.2 Å². The van der Waals surface area contributed by atoms with Crippen molar-refractivity contribution in [3.63, 3.8) is 0 Å². The van der Waals surface area contributed by atoms with E-state index in [0.29, 0.717) is 0 Å². The van der Waals surface area contributed by atoms with Crippen molar-refractivity contribution in [3.8, 4) is 5.75 Å². The molecule has 0 saturated heterocycles. The maximum atomic E-state index is 12.7. The van der Waals surface area contributed by atoms with Crippen LogP contribution in [0.25, 0.3) is 0 Å². The number of ether oxygens (including phenoxy) is 1. The second-order valence-corrected chi connectivity index (χ2v) is 5.13. The minimum atomic E-state index is -4.44. The standard InChI is InChI=1S/C16H22F4O/c1-2-3-4-5-6-7-8-13-9-11-14(12-10-13)21-16(19,20)15(17)18/h9-12,15H,2-8H2,1H3. The van der Waals surface area contributed by atoms with Gasteiger partial charge >= 0.3 is 12.5 Å². The van der Waals surface area contributed by atoms with Crippen molar-refractivity contribution in [1.82, 2.24) is 0 Å². The highest BCUT2D eigenvalue weighted by atomic mass is 19.3. The molecule has 0 heterocycles. The molecule has 1 rings (SSSR count). The molecule has 0 fully saturated rings. The van der Waals surface area contributed by atoms with Gasteiger partial charge in [0, 0.05) is 0 Å². The van der Waals surface area contributed by atoms with E-state index in [4.69, 9.17) is 0 Å². The first-order chi connectivity index (χ1) is 9.95. The summed E-state index contributed by atoms with van der Waals surface area (Å²) in [4.78, 5) is 0. The molecule has 1 aromatic rings. The molecular weight excluding hydrogens is 284 g/mol. The highest BCUT2D eigenvalue weighted by Crippen LogP contribution is 2.27. The van der Waals surface area contributed by atoms with Crippen LogP contribution >= 0.6 is 0 Å². The van der Waals surface area contributed by atoms with Gasteiger partial charge in [-0.05, 0) is 30.5 Å². The third-order valence-electron chi connectivity index (χ3n) is 3.25. The van der Waals surface area contributed by atoms with Crippen molar-refractivity contribution in [2.24, 2.45) is 0 Å². The molecule has 0 atom stereocenters. The molecule has 0 N–H and O–H groups in total. The number of benzene rings is 1. The zero-order valence-electron chi connectivity index (χ0n) is 12.3. The molecule has 0 aliphatic carbocycles. The van der Waals surface area contributed by atoms with Gasteiger partial charge in [0.15, 0.2) is 0 Å². The van der Waals surface area contributed by atoms with Crippen LogP contribution in [0, 0.1) is 0 Å². The number of hydrogen-bond acceptors (Lipinski definition) is 1. The quantitative estimate of drug-likeness (QED) is 0.390. The van der Waals surface area contributed by atoms with Crippen LogP contribution in [-0.4, -0.2) is 12.5 Å². The van der Waals surface area contributed by atoms with Crippen LogP contribution in [0.4, 0.5) is 17.6 Å². The van der Waals surface area contributed by atoms with E-state index in [9.17, 15) is 17.6 Å². The van der Waals surface area contributed by atoms with Crippen molar-refractivity contribution in [2.45, 2.75) is 64.4 Å². The third kappa shape index (κ3) is 6.82. The van der Waals surface area contributed by atoms with Crippen LogP contribution < -0.4 is 4.74 Å². The molecule has 0 spiro atoms. The monoisotopic (exact) mass is 306 g/mol. The summed E-state index contributed by atoms with van der Waals surface area (Å²) in [5, 5.41) is 0. The predicted molar refractivity (Wildman–Crippen MR) is 75.1 cm³/mol. The Morgan fingerprint density at radius 1 is 0.952 bits per heavy atom. The molecule has 0 bridgehead atoms. The molecule has 0 saturated carbocycles. The number of unbranched alkanes of at least 4 members (excludes halogenated alkanes) is 5. The van der Waals surface area contributed by atoms with Gasteiger partial charge in [0.05, 0.1) is 0 Å². The van der Waals surface area contributed by atoms with Crippen molar-refractivity contribution in [3.05, 3.63) is 29.8 Å². The van der Waals surface area contributed by atoms with Crippen molar-refractivity contribution >= 4 is 0 Å². The molecule has 120 valence electrons. The lowest BCUT2D eigenvalue weighted by atomic mass is 10.0. The van der Waals surface area contributed by atoms with Gasteiger partial charge < -0.3 is 4.74 Å². The van der Waals surface area contributed by atoms with E-state index in [1.807, 2.05) is 0 Å². The smallest absolute Gasteiger partial charge is 0.428 e. The molecule has 0 radical (unpaired) electrons. The fraction of sp³-hybridized carbons (Fsp3) is 0.625. The Hall–Kier alpha value is -1.26.